The second kappa shape index (κ2) is 7.75. The molecule has 9 nitrogen and oxygen atoms in total. The molecule has 5 aromatic rings. The van der Waals surface area contributed by atoms with E-state index < -0.39 is 17.4 Å². The first-order chi connectivity index (χ1) is 15.5. The minimum absolute atomic E-state index is 0.00686. The van der Waals surface area contributed by atoms with E-state index in [-0.39, 0.29) is 5.69 Å². The molecule has 0 saturated carbocycles. The number of hydrazine groups is 1. The van der Waals surface area contributed by atoms with Gasteiger partial charge in [-0.2, -0.15) is 10.2 Å². The molecule has 5 rings (SSSR count). The summed E-state index contributed by atoms with van der Waals surface area (Å²) in [6.07, 6.45) is 0. The quantitative estimate of drug-likeness (QED) is 0.370. The summed E-state index contributed by atoms with van der Waals surface area (Å²) in [6, 6.07) is 18.0. The maximum atomic E-state index is 12.7. The predicted octanol–water partition coefficient (Wildman–Crippen LogP) is 2.71. The predicted molar refractivity (Wildman–Crippen MR) is 121 cm³/mol. The first-order valence-corrected chi connectivity index (χ1v) is 10.5. The molecule has 2 aromatic carbocycles. The molecule has 2 amide bonds. The zero-order chi connectivity index (χ0) is 22.2. The maximum Gasteiger partial charge on any atom is 0.290 e. The molecule has 10 heteroatoms. The van der Waals surface area contributed by atoms with Crippen LogP contribution in [0.15, 0.2) is 65.5 Å². The van der Waals surface area contributed by atoms with E-state index in [0.717, 1.165) is 21.6 Å². The van der Waals surface area contributed by atoms with Gasteiger partial charge in [-0.1, -0.05) is 36.4 Å². The number of rotatable bonds is 3. The Morgan fingerprint density at radius 1 is 0.938 bits per heavy atom. The third-order valence-corrected chi connectivity index (χ3v) is 6.08. The lowest BCUT2D eigenvalue weighted by atomic mass is 10.1. The van der Waals surface area contributed by atoms with Gasteiger partial charge in [0.05, 0.1) is 21.6 Å². The summed E-state index contributed by atoms with van der Waals surface area (Å²) in [7, 11) is 0. The fourth-order valence-corrected chi connectivity index (χ4v) is 4.50. The van der Waals surface area contributed by atoms with Crippen LogP contribution in [0.25, 0.3) is 26.7 Å². The fraction of sp³-hybridized carbons (Fsp3) is 0.0455. The number of hydrogen-bond donors (Lipinski definition) is 3. The minimum atomic E-state index is -0.640. The highest BCUT2D eigenvalue weighted by atomic mass is 32.1. The first-order valence-electron chi connectivity index (χ1n) is 9.65. The molecule has 0 radical (unpaired) electrons. The van der Waals surface area contributed by atoms with Crippen LogP contribution in [0, 0.1) is 6.92 Å². The zero-order valence-electron chi connectivity index (χ0n) is 16.7. The van der Waals surface area contributed by atoms with Crippen molar-refractivity contribution in [2.45, 2.75) is 6.92 Å². The largest absolute Gasteiger partial charge is 0.290 e. The van der Waals surface area contributed by atoms with Crippen molar-refractivity contribution in [2.24, 2.45) is 0 Å². The number of H-pyrrole nitrogens is 1. The Labute approximate surface area is 184 Å². The van der Waals surface area contributed by atoms with Crippen molar-refractivity contribution in [2.75, 3.05) is 0 Å². The van der Waals surface area contributed by atoms with Crippen molar-refractivity contribution in [1.82, 2.24) is 30.8 Å². The number of aromatic nitrogens is 4. The van der Waals surface area contributed by atoms with Crippen molar-refractivity contribution in [3.8, 4) is 5.69 Å². The van der Waals surface area contributed by atoms with Crippen LogP contribution in [0.4, 0.5) is 0 Å². The Hall–Kier alpha value is -4.31. The minimum Gasteiger partial charge on any atom is -0.267 e. The number of benzene rings is 2. The van der Waals surface area contributed by atoms with Gasteiger partial charge in [-0.05, 0) is 31.2 Å². The first kappa shape index (κ1) is 19.6. The third-order valence-electron chi connectivity index (χ3n) is 4.97. The number of nitrogens with zero attached hydrogens (tertiary/aromatic N) is 3. The molecule has 3 heterocycles. The van der Waals surface area contributed by atoms with Crippen molar-refractivity contribution >= 4 is 44.1 Å². The van der Waals surface area contributed by atoms with Gasteiger partial charge < -0.3 is 0 Å². The van der Waals surface area contributed by atoms with Crippen LogP contribution in [0.2, 0.25) is 0 Å². The van der Waals surface area contributed by atoms with Gasteiger partial charge in [0.15, 0.2) is 5.69 Å². The molecule has 0 aliphatic heterocycles. The van der Waals surface area contributed by atoms with E-state index in [0.29, 0.717) is 15.6 Å². The Morgan fingerprint density at radius 3 is 2.41 bits per heavy atom. The second-order valence-electron chi connectivity index (χ2n) is 7.02. The number of fused-ring (bicyclic) bond motifs is 2. The number of aromatic amines is 1. The molecule has 3 N–H and O–H groups in total. The normalized spacial score (nSPS) is 11.0. The summed E-state index contributed by atoms with van der Waals surface area (Å²) >= 11 is 1.27. The number of thiophene rings is 1. The number of para-hydroxylation sites is 1. The van der Waals surface area contributed by atoms with Crippen LogP contribution >= 0.6 is 11.3 Å². The number of hydrogen-bond acceptors (Lipinski definition) is 6. The van der Waals surface area contributed by atoms with Crippen molar-refractivity contribution in [3.63, 3.8) is 0 Å². The van der Waals surface area contributed by atoms with E-state index in [1.54, 1.807) is 35.0 Å². The third kappa shape index (κ3) is 3.32. The monoisotopic (exact) mass is 444 g/mol. The van der Waals surface area contributed by atoms with Crippen LogP contribution in [0.1, 0.15) is 25.9 Å². The van der Waals surface area contributed by atoms with Crippen LogP contribution in [0.5, 0.6) is 0 Å². The lowest BCUT2D eigenvalue weighted by Gasteiger charge is -2.07. The van der Waals surface area contributed by atoms with E-state index in [9.17, 15) is 14.4 Å². The number of amides is 2. The molecule has 0 unspecified atom stereocenters. The highest BCUT2D eigenvalue weighted by Crippen LogP contribution is 2.30. The van der Waals surface area contributed by atoms with E-state index >= 15 is 0 Å². The number of nitrogens with one attached hydrogen (secondary N) is 3. The van der Waals surface area contributed by atoms with E-state index in [2.05, 4.69) is 26.1 Å². The molecule has 3 aromatic heterocycles. The van der Waals surface area contributed by atoms with E-state index in [1.165, 1.54) is 11.3 Å². The molecule has 0 atom stereocenters. The summed E-state index contributed by atoms with van der Waals surface area (Å²) in [6.45, 7) is 1.88. The molecule has 32 heavy (non-hydrogen) atoms. The summed E-state index contributed by atoms with van der Waals surface area (Å²) in [4.78, 5) is 38.5. The van der Waals surface area contributed by atoms with Gasteiger partial charge in [0.25, 0.3) is 17.4 Å². The summed E-state index contributed by atoms with van der Waals surface area (Å²) in [5.74, 6) is -1.11. The molecule has 0 aliphatic carbocycles. The summed E-state index contributed by atoms with van der Waals surface area (Å²) < 4.78 is 1.79. The smallest absolute Gasteiger partial charge is 0.267 e. The van der Waals surface area contributed by atoms with Gasteiger partial charge >= 0.3 is 0 Å². The lowest BCUT2D eigenvalue weighted by Crippen LogP contribution is -2.42. The van der Waals surface area contributed by atoms with Gasteiger partial charge in [0.2, 0.25) is 0 Å². The topological polar surface area (TPSA) is 122 Å². The van der Waals surface area contributed by atoms with Crippen molar-refractivity contribution < 1.29 is 9.59 Å². The highest BCUT2D eigenvalue weighted by Gasteiger charge is 2.19. The average Bonchev–Trinajstić information content (AvgIpc) is 3.39. The number of aryl methyl sites for hydroxylation is 1. The van der Waals surface area contributed by atoms with Gasteiger partial charge in [-0.15, -0.1) is 11.3 Å². The van der Waals surface area contributed by atoms with Gasteiger partial charge in [0, 0.05) is 10.8 Å². The van der Waals surface area contributed by atoms with Crippen LogP contribution < -0.4 is 16.4 Å². The Kier molecular flexibility index (Phi) is 4.75. The van der Waals surface area contributed by atoms with E-state index in [1.807, 2.05) is 37.3 Å². The Balaban J connectivity index is 1.39. The molecule has 0 fully saturated rings. The SMILES string of the molecule is Cc1nn(-c2ccccc2)c2sc(C(=O)NNC(=O)c3n[nH]c(=O)c4ccccc34)cc12. The van der Waals surface area contributed by atoms with Gasteiger partial charge in [0.1, 0.15) is 4.83 Å². The molecule has 0 aliphatic rings. The van der Waals surface area contributed by atoms with Crippen LogP contribution in [0.3, 0.4) is 0 Å². The molecular weight excluding hydrogens is 428 g/mol. The maximum absolute atomic E-state index is 12.7. The lowest BCUT2D eigenvalue weighted by molar-refractivity contribution is 0.0846. The Bertz CT molecular complexity index is 1550. The van der Waals surface area contributed by atoms with Crippen LogP contribution in [-0.2, 0) is 0 Å². The van der Waals surface area contributed by atoms with Crippen molar-refractivity contribution in [1.29, 1.82) is 0 Å². The molecule has 158 valence electrons. The fourth-order valence-electron chi connectivity index (χ4n) is 3.43. The van der Waals surface area contributed by atoms with Gasteiger partial charge in [-0.3, -0.25) is 25.2 Å². The number of carbonyl (C=O) groups is 2. The second-order valence-corrected chi connectivity index (χ2v) is 8.05. The van der Waals surface area contributed by atoms with Crippen molar-refractivity contribution in [3.05, 3.63) is 87.3 Å². The zero-order valence-corrected chi connectivity index (χ0v) is 17.6. The average molecular weight is 444 g/mol. The molecule has 0 bridgehead atoms. The molecule has 0 saturated heterocycles. The molecule has 0 spiro atoms. The number of carbonyl (C=O) groups excluding carboxylic acids is 2. The highest BCUT2D eigenvalue weighted by molar-refractivity contribution is 7.20. The summed E-state index contributed by atoms with van der Waals surface area (Å²) in [5.41, 5.74) is 6.09. The summed E-state index contributed by atoms with van der Waals surface area (Å²) in [5, 5.41) is 12.3. The Morgan fingerprint density at radius 2 is 1.62 bits per heavy atom. The molecular formula is C22H16N6O3S. The van der Waals surface area contributed by atoms with Crippen LogP contribution in [-0.4, -0.2) is 31.8 Å². The van der Waals surface area contributed by atoms with E-state index in [4.69, 9.17) is 0 Å². The standard InChI is InChI=1S/C22H16N6O3S/c1-12-16-11-17(32-22(16)28(27-12)13-7-3-2-4-8-13)20(30)25-26-21(31)18-14-9-5-6-10-15(14)19(29)24-23-18/h2-11H,1H3,(H,24,29)(H,25,30)(H,26,31). The van der Waals surface area contributed by atoms with Gasteiger partial charge in [-0.25, -0.2) is 9.78 Å².